The molecule has 0 unspecified atom stereocenters. The molecular formula is C37H35N3O5S. The summed E-state index contributed by atoms with van der Waals surface area (Å²) in [5.41, 5.74) is 5.10. The molecule has 6 rings (SSSR count). The van der Waals surface area contributed by atoms with Gasteiger partial charge in [0, 0.05) is 40.0 Å². The third kappa shape index (κ3) is 5.58. The summed E-state index contributed by atoms with van der Waals surface area (Å²) in [5, 5.41) is 6.78. The Labute approximate surface area is 268 Å². The molecule has 2 aromatic heterocycles. The zero-order valence-corrected chi connectivity index (χ0v) is 27.4. The van der Waals surface area contributed by atoms with Crippen LogP contribution >= 0.6 is 0 Å². The van der Waals surface area contributed by atoms with Crippen molar-refractivity contribution in [3.05, 3.63) is 108 Å². The summed E-state index contributed by atoms with van der Waals surface area (Å²) < 4.78 is 35.1. The highest BCUT2D eigenvalue weighted by atomic mass is 32.2. The van der Waals surface area contributed by atoms with Crippen LogP contribution in [0.5, 0.6) is 0 Å². The van der Waals surface area contributed by atoms with Gasteiger partial charge in [0.25, 0.3) is 11.8 Å². The minimum atomic E-state index is -3.88. The highest BCUT2D eigenvalue weighted by Crippen LogP contribution is 2.45. The maximum Gasteiger partial charge on any atom is 0.255 e. The monoisotopic (exact) mass is 633 g/mol. The van der Waals surface area contributed by atoms with Gasteiger partial charge in [0.2, 0.25) is 10.0 Å². The number of amides is 2. The van der Waals surface area contributed by atoms with Crippen LogP contribution in [0.15, 0.2) is 95.4 Å². The van der Waals surface area contributed by atoms with E-state index in [2.05, 4.69) is 10.6 Å². The summed E-state index contributed by atoms with van der Waals surface area (Å²) in [6.45, 7) is 7.69. The lowest BCUT2D eigenvalue weighted by Gasteiger charge is -2.20. The van der Waals surface area contributed by atoms with Crippen molar-refractivity contribution < 1.29 is 22.4 Å². The van der Waals surface area contributed by atoms with Gasteiger partial charge in [-0.15, -0.1) is 0 Å². The van der Waals surface area contributed by atoms with Crippen molar-refractivity contribution in [2.75, 3.05) is 13.3 Å². The van der Waals surface area contributed by atoms with E-state index in [1.165, 1.54) is 3.97 Å². The van der Waals surface area contributed by atoms with Crippen LogP contribution in [0.1, 0.15) is 47.1 Å². The first-order chi connectivity index (χ1) is 21.8. The van der Waals surface area contributed by atoms with Crippen LogP contribution < -0.4 is 10.6 Å². The van der Waals surface area contributed by atoms with E-state index in [-0.39, 0.29) is 11.8 Å². The minimum absolute atomic E-state index is 0.258. The van der Waals surface area contributed by atoms with Gasteiger partial charge < -0.3 is 15.1 Å². The predicted octanol–water partition coefficient (Wildman–Crippen LogP) is 7.39. The summed E-state index contributed by atoms with van der Waals surface area (Å²) >= 11 is 0. The van der Waals surface area contributed by atoms with Crippen LogP contribution in [0.2, 0.25) is 0 Å². The van der Waals surface area contributed by atoms with E-state index in [9.17, 15) is 18.0 Å². The summed E-state index contributed by atoms with van der Waals surface area (Å²) in [6.07, 6.45) is 1.16. The molecule has 4 aromatic carbocycles. The number of hydrogen-bond donors (Lipinski definition) is 2. The van der Waals surface area contributed by atoms with Crippen LogP contribution in [0, 0.1) is 6.92 Å². The van der Waals surface area contributed by atoms with Gasteiger partial charge in [-0.05, 0) is 63.1 Å². The zero-order valence-electron chi connectivity index (χ0n) is 26.6. The van der Waals surface area contributed by atoms with E-state index in [0.717, 1.165) is 11.8 Å². The molecule has 0 fully saturated rings. The summed E-state index contributed by atoms with van der Waals surface area (Å²) in [7, 11) is -2.32. The van der Waals surface area contributed by atoms with Gasteiger partial charge in [-0.3, -0.25) is 9.59 Å². The molecule has 0 atom stereocenters. The number of fused-ring (bicyclic) bond motifs is 3. The predicted molar refractivity (Wildman–Crippen MR) is 184 cm³/mol. The molecule has 0 saturated carbocycles. The summed E-state index contributed by atoms with van der Waals surface area (Å²) in [6, 6.07) is 27.6. The molecule has 2 heterocycles. The van der Waals surface area contributed by atoms with Gasteiger partial charge >= 0.3 is 0 Å². The molecule has 2 N–H and O–H groups in total. The van der Waals surface area contributed by atoms with Crippen LogP contribution in [-0.4, -0.2) is 43.0 Å². The molecule has 2 amide bonds. The van der Waals surface area contributed by atoms with Gasteiger partial charge in [-0.2, -0.15) is 0 Å². The molecule has 0 spiro atoms. The molecule has 0 aliphatic rings. The second-order valence-corrected chi connectivity index (χ2v) is 14.4. The first-order valence-electron chi connectivity index (χ1n) is 14.9. The van der Waals surface area contributed by atoms with Crippen molar-refractivity contribution in [1.82, 2.24) is 14.6 Å². The van der Waals surface area contributed by atoms with Crippen LogP contribution in [0.25, 0.3) is 55.6 Å². The van der Waals surface area contributed by atoms with Crippen LogP contribution in [0.4, 0.5) is 0 Å². The Morgan fingerprint density at radius 1 is 0.783 bits per heavy atom. The average Bonchev–Trinajstić information content (AvgIpc) is 3.60. The lowest BCUT2D eigenvalue weighted by molar-refractivity contribution is 0.0918. The second kappa shape index (κ2) is 11.3. The molecule has 0 aliphatic heterocycles. The molecule has 6 aromatic rings. The van der Waals surface area contributed by atoms with E-state index in [0.29, 0.717) is 66.7 Å². The van der Waals surface area contributed by atoms with Gasteiger partial charge in [0.1, 0.15) is 11.3 Å². The normalized spacial score (nSPS) is 12.0. The fourth-order valence-electron chi connectivity index (χ4n) is 5.79. The van der Waals surface area contributed by atoms with Crippen molar-refractivity contribution in [3.63, 3.8) is 0 Å². The molecule has 8 nitrogen and oxygen atoms in total. The third-order valence-corrected chi connectivity index (χ3v) is 8.83. The van der Waals surface area contributed by atoms with Gasteiger partial charge in [0.05, 0.1) is 23.0 Å². The highest BCUT2D eigenvalue weighted by Gasteiger charge is 2.29. The number of nitrogens with one attached hydrogen (secondary N) is 2. The van der Waals surface area contributed by atoms with Crippen molar-refractivity contribution in [2.45, 2.75) is 33.2 Å². The lowest BCUT2D eigenvalue weighted by Crippen LogP contribution is -2.40. The van der Waals surface area contributed by atoms with Gasteiger partial charge in [0.15, 0.2) is 0 Å². The largest absolute Gasteiger partial charge is 0.454 e. The van der Waals surface area contributed by atoms with Crippen molar-refractivity contribution in [3.8, 4) is 33.7 Å². The molecule has 0 aliphatic carbocycles. The fourth-order valence-corrected chi connectivity index (χ4v) is 6.83. The Hall–Kier alpha value is -5.15. The topological polar surface area (TPSA) is 110 Å². The second-order valence-electron chi connectivity index (χ2n) is 12.5. The maximum atomic E-state index is 13.6. The number of aryl methyl sites for hydroxylation is 1. The minimum Gasteiger partial charge on any atom is -0.454 e. The Kier molecular flexibility index (Phi) is 7.60. The first kappa shape index (κ1) is 30.9. The summed E-state index contributed by atoms with van der Waals surface area (Å²) in [4.78, 5) is 26.8. The first-order valence-corrected chi connectivity index (χ1v) is 16.7. The Balaban J connectivity index is 1.77. The van der Waals surface area contributed by atoms with E-state index in [1.54, 1.807) is 37.4 Å². The standard InChI is InChI=1S/C37H35N3O5S/c1-22-15-17-24(18-16-22)33-31(36(42)38-5)28-20-27(25-13-10-14-26(19-25)35(41)39-37(2,3)4)32-29(34(28)45-33)21-30(40(32)46(6,43)44)23-11-8-7-9-12-23/h7-21H,1-6H3,(H,38,42)(H,39,41). The van der Waals surface area contributed by atoms with Crippen molar-refractivity contribution in [1.29, 1.82) is 0 Å². The van der Waals surface area contributed by atoms with Crippen molar-refractivity contribution >= 4 is 43.7 Å². The van der Waals surface area contributed by atoms with Gasteiger partial charge in [-0.25, -0.2) is 12.4 Å². The number of rotatable bonds is 6. The quantitative estimate of drug-likeness (QED) is 0.199. The Morgan fingerprint density at radius 3 is 2.09 bits per heavy atom. The molecular weight excluding hydrogens is 598 g/mol. The third-order valence-electron chi connectivity index (χ3n) is 7.79. The molecule has 0 bridgehead atoms. The SMILES string of the molecule is CNC(=O)c1c(-c2ccc(C)cc2)oc2c1cc(-c1cccc(C(=O)NC(C)(C)C)c1)c1c2cc(-c2ccccc2)n1S(C)(=O)=O. The Morgan fingerprint density at radius 2 is 1.46 bits per heavy atom. The molecule has 46 heavy (non-hydrogen) atoms. The highest BCUT2D eigenvalue weighted by molar-refractivity contribution is 7.89. The Bertz CT molecular complexity index is 2260. The zero-order chi connectivity index (χ0) is 33.0. The van der Waals surface area contributed by atoms with E-state index < -0.39 is 15.6 Å². The number of aromatic nitrogens is 1. The fraction of sp³-hybridized carbons (Fsp3) is 0.189. The van der Waals surface area contributed by atoms with Crippen molar-refractivity contribution in [2.24, 2.45) is 0 Å². The van der Waals surface area contributed by atoms with Gasteiger partial charge in [-0.1, -0.05) is 72.3 Å². The number of carbonyl (C=O) groups is 2. The number of benzene rings is 4. The smallest absolute Gasteiger partial charge is 0.255 e. The number of nitrogens with zero attached hydrogens (tertiary/aromatic N) is 1. The summed E-state index contributed by atoms with van der Waals surface area (Å²) in [5.74, 6) is -0.227. The van der Waals surface area contributed by atoms with E-state index in [4.69, 9.17) is 4.42 Å². The lowest BCUT2D eigenvalue weighted by atomic mass is 9.96. The number of furan rings is 1. The van der Waals surface area contributed by atoms with E-state index >= 15 is 0 Å². The number of hydrogen-bond acceptors (Lipinski definition) is 5. The maximum absolute atomic E-state index is 13.6. The number of carbonyl (C=O) groups excluding carboxylic acids is 2. The van der Waals surface area contributed by atoms with Crippen LogP contribution in [0.3, 0.4) is 0 Å². The molecule has 0 saturated heterocycles. The molecule has 0 radical (unpaired) electrons. The molecule has 234 valence electrons. The van der Waals surface area contributed by atoms with Crippen LogP contribution in [-0.2, 0) is 10.0 Å². The molecule has 9 heteroatoms. The average molecular weight is 634 g/mol. The van der Waals surface area contributed by atoms with E-state index in [1.807, 2.05) is 88.4 Å².